The summed E-state index contributed by atoms with van der Waals surface area (Å²) >= 11 is 0. The molecule has 6 nitrogen and oxygen atoms in total. The summed E-state index contributed by atoms with van der Waals surface area (Å²) in [4.78, 5) is 12.6. The van der Waals surface area contributed by atoms with Crippen molar-refractivity contribution in [3.05, 3.63) is 0 Å². The van der Waals surface area contributed by atoms with Crippen molar-refractivity contribution in [2.75, 3.05) is 26.3 Å². The van der Waals surface area contributed by atoms with Crippen LogP contribution in [0.5, 0.6) is 0 Å². The Kier molecular flexibility index (Phi) is 3.12. The minimum absolute atomic E-state index is 0.464. The average Bonchev–Trinajstić information content (AvgIpc) is 2.17. The van der Waals surface area contributed by atoms with Gasteiger partial charge in [0.15, 0.2) is 0 Å². The molecular formula is C6H11N3O3. The fraction of sp³-hybridized carbons (Fsp3) is 0.833. The largest absolute Gasteiger partial charge is 0.378 e. The molecule has 0 radical (unpaired) electrons. The van der Waals surface area contributed by atoms with Gasteiger partial charge in [-0.2, -0.15) is 5.11 Å². The summed E-state index contributed by atoms with van der Waals surface area (Å²) in [6, 6.07) is 0. The summed E-state index contributed by atoms with van der Waals surface area (Å²) in [5.41, 5.74) is 6.45. The number of carbonyl (C=O) groups is 1. The van der Waals surface area contributed by atoms with E-state index >= 15 is 0 Å². The van der Waals surface area contributed by atoms with E-state index < -0.39 is 12.1 Å². The Bertz CT molecular complexity index is 179. The zero-order valence-corrected chi connectivity index (χ0v) is 6.56. The van der Waals surface area contributed by atoms with Crippen LogP contribution in [0.2, 0.25) is 0 Å². The van der Waals surface area contributed by atoms with Crippen LogP contribution in [-0.2, 0) is 9.53 Å². The van der Waals surface area contributed by atoms with Gasteiger partial charge in [0.2, 0.25) is 6.23 Å². The molecule has 6 heteroatoms. The molecule has 0 aromatic rings. The average molecular weight is 173 g/mol. The molecule has 1 fully saturated rings. The van der Waals surface area contributed by atoms with E-state index in [1.807, 2.05) is 0 Å². The van der Waals surface area contributed by atoms with Gasteiger partial charge < -0.3 is 14.7 Å². The van der Waals surface area contributed by atoms with E-state index in [0.29, 0.717) is 26.3 Å². The van der Waals surface area contributed by atoms with Gasteiger partial charge in [-0.05, 0) is 0 Å². The summed E-state index contributed by atoms with van der Waals surface area (Å²) in [5.74, 6) is -0.520. The second-order valence-electron chi connectivity index (χ2n) is 2.44. The van der Waals surface area contributed by atoms with Gasteiger partial charge in [-0.1, -0.05) is 0 Å². The maximum atomic E-state index is 11.1. The molecule has 0 saturated carbocycles. The highest BCUT2D eigenvalue weighted by atomic mass is 16.5. The number of rotatable bonds is 2. The van der Waals surface area contributed by atoms with E-state index in [0.717, 1.165) is 0 Å². The van der Waals surface area contributed by atoms with E-state index in [9.17, 15) is 4.79 Å². The normalized spacial score (nSPS) is 20.2. The molecule has 0 aromatic carbocycles. The Labute approximate surface area is 69.6 Å². The molecule has 1 aliphatic heterocycles. The van der Waals surface area contributed by atoms with Crippen LogP contribution in [0.25, 0.3) is 0 Å². The van der Waals surface area contributed by atoms with Crippen molar-refractivity contribution >= 4 is 5.91 Å². The van der Waals surface area contributed by atoms with Gasteiger partial charge in [0.1, 0.15) is 0 Å². The van der Waals surface area contributed by atoms with Crippen molar-refractivity contribution in [2.45, 2.75) is 6.23 Å². The highest BCUT2D eigenvalue weighted by molar-refractivity contribution is 5.80. The summed E-state index contributed by atoms with van der Waals surface area (Å²) in [6.45, 7) is 1.89. The third-order valence-electron chi connectivity index (χ3n) is 1.67. The monoisotopic (exact) mass is 173 g/mol. The Morgan fingerprint density at radius 2 is 2.17 bits per heavy atom. The van der Waals surface area contributed by atoms with Crippen molar-refractivity contribution in [1.82, 2.24) is 4.90 Å². The lowest BCUT2D eigenvalue weighted by Crippen LogP contribution is -2.45. The number of ether oxygens (including phenoxy) is 1. The smallest absolute Gasteiger partial charge is 0.276 e. The molecule has 0 aliphatic carbocycles. The molecule has 0 aromatic heterocycles. The number of aliphatic hydroxyl groups is 1. The van der Waals surface area contributed by atoms with Crippen LogP contribution in [0.15, 0.2) is 5.11 Å². The maximum Gasteiger partial charge on any atom is 0.276 e. The lowest BCUT2D eigenvalue weighted by molar-refractivity contribution is -0.144. The molecule has 2 N–H and O–H groups in total. The Morgan fingerprint density at radius 1 is 1.58 bits per heavy atom. The molecule has 1 heterocycles. The molecule has 1 rings (SSSR count). The fourth-order valence-electron chi connectivity index (χ4n) is 1.00. The van der Waals surface area contributed by atoms with Crippen molar-refractivity contribution in [3.8, 4) is 0 Å². The highest BCUT2D eigenvalue weighted by Crippen LogP contribution is 2.00. The topological polar surface area (TPSA) is 86.0 Å². The number of amides is 1. The Balaban J connectivity index is 2.44. The van der Waals surface area contributed by atoms with Crippen LogP contribution in [0.3, 0.4) is 0 Å². The summed E-state index contributed by atoms with van der Waals surface area (Å²) in [7, 11) is 0. The number of morpholine rings is 1. The Morgan fingerprint density at radius 3 is 2.67 bits per heavy atom. The SMILES string of the molecule is N=NC(O)C(=O)N1CCOCC1. The molecule has 0 bridgehead atoms. The van der Waals surface area contributed by atoms with Gasteiger partial charge in [0, 0.05) is 13.1 Å². The minimum Gasteiger partial charge on any atom is -0.378 e. The van der Waals surface area contributed by atoms with Crippen LogP contribution in [0, 0.1) is 5.53 Å². The van der Waals surface area contributed by atoms with E-state index in [-0.39, 0.29) is 0 Å². The zero-order chi connectivity index (χ0) is 8.97. The van der Waals surface area contributed by atoms with E-state index in [1.54, 1.807) is 0 Å². The van der Waals surface area contributed by atoms with E-state index in [4.69, 9.17) is 15.4 Å². The lowest BCUT2D eigenvalue weighted by atomic mass is 10.4. The number of nitrogens with zero attached hydrogens (tertiary/aromatic N) is 2. The molecule has 12 heavy (non-hydrogen) atoms. The molecule has 68 valence electrons. The second kappa shape index (κ2) is 4.13. The quantitative estimate of drug-likeness (QED) is 0.536. The molecule has 1 aliphatic rings. The first kappa shape index (κ1) is 9.08. The third kappa shape index (κ3) is 1.99. The molecule has 0 spiro atoms. The predicted octanol–water partition coefficient (Wildman–Crippen LogP) is -0.805. The van der Waals surface area contributed by atoms with Crippen LogP contribution >= 0.6 is 0 Å². The fourth-order valence-corrected chi connectivity index (χ4v) is 1.00. The zero-order valence-electron chi connectivity index (χ0n) is 6.56. The molecule has 1 amide bonds. The van der Waals surface area contributed by atoms with E-state index in [2.05, 4.69) is 5.11 Å². The predicted molar refractivity (Wildman–Crippen MR) is 38.6 cm³/mol. The number of carbonyl (C=O) groups excluding carboxylic acids is 1. The van der Waals surface area contributed by atoms with E-state index in [1.165, 1.54) is 4.90 Å². The van der Waals surface area contributed by atoms with Gasteiger partial charge in [-0.3, -0.25) is 4.79 Å². The van der Waals surface area contributed by atoms with Gasteiger partial charge in [-0.15, -0.1) is 0 Å². The Hall–Kier alpha value is -1.01. The maximum absolute atomic E-state index is 11.1. The number of hydrogen-bond acceptors (Lipinski definition) is 5. The molecule has 1 saturated heterocycles. The van der Waals surface area contributed by atoms with Crippen molar-refractivity contribution in [1.29, 1.82) is 5.53 Å². The first-order chi connectivity index (χ1) is 5.75. The standard InChI is InChI=1S/C6H11N3O3/c7-8-5(10)6(11)9-1-3-12-4-2-9/h5,7,10H,1-4H2. The first-order valence-electron chi connectivity index (χ1n) is 3.67. The minimum atomic E-state index is -1.54. The van der Waals surface area contributed by atoms with Crippen LogP contribution in [0.1, 0.15) is 0 Å². The van der Waals surface area contributed by atoms with Crippen molar-refractivity contribution < 1.29 is 14.6 Å². The number of nitrogens with one attached hydrogen (secondary N) is 1. The summed E-state index contributed by atoms with van der Waals surface area (Å²) in [5, 5.41) is 11.6. The van der Waals surface area contributed by atoms with Crippen molar-refractivity contribution in [3.63, 3.8) is 0 Å². The summed E-state index contributed by atoms with van der Waals surface area (Å²) in [6.07, 6.45) is -1.54. The first-order valence-corrected chi connectivity index (χ1v) is 3.67. The van der Waals surface area contributed by atoms with Crippen LogP contribution < -0.4 is 0 Å². The van der Waals surface area contributed by atoms with Crippen LogP contribution in [0.4, 0.5) is 0 Å². The third-order valence-corrected chi connectivity index (χ3v) is 1.67. The number of hydrogen-bond donors (Lipinski definition) is 2. The molecular weight excluding hydrogens is 162 g/mol. The van der Waals surface area contributed by atoms with Gasteiger partial charge in [-0.25, -0.2) is 5.53 Å². The molecule has 1 unspecified atom stereocenters. The van der Waals surface area contributed by atoms with Gasteiger partial charge in [0.05, 0.1) is 13.2 Å². The van der Waals surface area contributed by atoms with Crippen LogP contribution in [-0.4, -0.2) is 48.4 Å². The number of aliphatic hydroxyl groups excluding tert-OH is 1. The van der Waals surface area contributed by atoms with Gasteiger partial charge >= 0.3 is 0 Å². The highest BCUT2D eigenvalue weighted by Gasteiger charge is 2.22. The summed E-state index contributed by atoms with van der Waals surface area (Å²) < 4.78 is 5.01. The van der Waals surface area contributed by atoms with Gasteiger partial charge in [0.25, 0.3) is 5.91 Å². The van der Waals surface area contributed by atoms with Crippen molar-refractivity contribution in [2.24, 2.45) is 5.11 Å². The second-order valence-corrected chi connectivity index (χ2v) is 2.44. The lowest BCUT2D eigenvalue weighted by Gasteiger charge is -2.27. The molecule has 1 atom stereocenters.